The summed E-state index contributed by atoms with van der Waals surface area (Å²) in [7, 11) is -1.99. The average molecular weight is 564 g/mol. The number of nitrogens with zero attached hydrogens (tertiary/aromatic N) is 2. The molecule has 1 atom stereocenters. The summed E-state index contributed by atoms with van der Waals surface area (Å²) >= 11 is 6.07. The summed E-state index contributed by atoms with van der Waals surface area (Å²) in [6, 6.07) is 13.4. The van der Waals surface area contributed by atoms with Gasteiger partial charge in [-0.05, 0) is 62.1 Å². The van der Waals surface area contributed by atoms with Crippen molar-refractivity contribution in [3.05, 3.63) is 59.1 Å². The molecule has 1 aliphatic carbocycles. The molecule has 38 heavy (non-hydrogen) atoms. The van der Waals surface area contributed by atoms with Gasteiger partial charge in [0.25, 0.3) is 0 Å². The van der Waals surface area contributed by atoms with Gasteiger partial charge in [0.1, 0.15) is 11.8 Å². The second kappa shape index (κ2) is 13.8. The van der Waals surface area contributed by atoms with Gasteiger partial charge in [-0.2, -0.15) is 0 Å². The van der Waals surface area contributed by atoms with Crippen molar-refractivity contribution in [2.45, 2.75) is 70.5 Å². The SMILES string of the molecule is COc1ccc(CN(C(=O)CCCN(c2cccc(Cl)c2)S(C)(=O)=O)C(C)C(=O)NC2CCCCC2)cc1. The van der Waals surface area contributed by atoms with E-state index in [2.05, 4.69) is 5.32 Å². The van der Waals surface area contributed by atoms with Gasteiger partial charge in [0.05, 0.1) is 19.1 Å². The lowest BCUT2D eigenvalue weighted by Crippen LogP contribution is -2.50. The second-order valence-corrected chi connectivity index (χ2v) is 12.2. The van der Waals surface area contributed by atoms with Gasteiger partial charge in [0.15, 0.2) is 0 Å². The third-order valence-electron chi connectivity index (χ3n) is 6.88. The van der Waals surface area contributed by atoms with Crippen LogP contribution in [0.2, 0.25) is 5.02 Å². The van der Waals surface area contributed by atoms with Crippen LogP contribution in [0.25, 0.3) is 0 Å². The summed E-state index contributed by atoms with van der Waals surface area (Å²) in [5.41, 5.74) is 1.32. The van der Waals surface area contributed by atoms with Crippen molar-refractivity contribution >= 4 is 39.1 Å². The number of nitrogens with one attached hydrogen (secondary N) is 1. The number of sulfonamides is 1. The molecule has 3 rings (SSSR count). The molecule has 0 spiro atoms. The van der Waals surface area contributed by atoms with Gasteiger partial charge in [-0.3, -0.25) is 13.9 Å². The molecule has 208 valence electrons. The highest BCUT2D eigenvalue weighted by Crippen LogP contribution is 2.23. The first-order valence-corrected chi connectivity index (χ1v) is 15.3. The van der Waals surface area contributed by atoms with Gasteiger partial charge < -0.3 is 15.0 Å². The van der Waals surface area contributed by atoms with Gasteiger partial charge in [-0.25, -0.2) is 8.42 Å². The molecule has 0 radical (unpaired) electrons. The van der Waals surface area contributed by atoms with Crippen LogP contribution < -0.4 is 14.4 Å². The number of carbonyl (C=O) groups is 2. The minimum absolute atomic E-state index is 0.0871. The van der Waals surface area contributed by atoms with E-state index in [4.69, 9.17) is 16.3 Å². The summed E-state index contributed by atoms with van der Waals surface area (Å²) in [5, 5.41) is 3.55. The summed E-state index contributed by atoms with van der Waals surface area (Å²) in [4.78, 5) is 28.2. The molecule has 1 aliphatic rings. The predicted octanol–water partition coefficient (Wildman–Crippen LogP) is 4.76. The topological polar surface area (TPSA) is 96.0 Å². The first-order chi connectivity index (χ1) is 18.1. The molecule has 0 saturated heterocycles. The molecule has 2 aromatic rings. The Hall–Kier alpha value is -2.78. The molecule has 0 bridgehead atoms. The number of anilines is 1. The van der Waals surface area contributed by atoms with Crippen LogP contribution in [0.3, 0.4) is 0 Å². The number of amides is 2. The lowest BCUT2D eigenvalue weighted by molar-refractivity contribution is -0.141. The molecular formula is C28H38ClN3O5S. The predicted molar refractivity (Wildman–Crippen MR) is 151 cm³/mol. The van der Waals surface area contributed by atoms with Crippen molar-refractivity contribution in [1.29, 1.82) is 0 Å². The monoisotopic (exact) mass is 563 g/mol. The molecule has 0 aliphatic heterocycles. The number of benzene rings is 2. The van der Waals surface area contributed by atoms with Crippen LogP contribution in [0.15, 0.2) is 48.5 Å². The zero-order chi connectivity index (χ0) is 27.7. The number of rotatable bonds is 12. The summed E-state index contributed by atoms with van der Waals surface area (Å²) in [6.45, 7) is 2.12. The molecule has 8 nitrogen and oxygen atoms in total. The molecule has 2 aromatic carbocycles. The fourth-order valence-corrected chi connectivity index (χ4v) is 5.86. The number of hydrogen-bond donors (Lipinski definition) is 1. The van der Waals surface area contributed by atoms with Crippen molar-refractivity contribution in [1.82, 2.24) is 10.2 Å². The molecule has 1 saturated carbocycles. The van der Waals surface area contributed by atoms with E-state index in [1.165, 1.54) is 10.7 Å². The van der Waals surface area contributed by atoms with Crippen LogP contribution in [-0.2, 0) is 26.2 Å². The summed E-state index contributed by atoms with van der Waals surface area (Å²) < 4.78 is 31.4. The Labute approximate surface area is 231 Å². The second-order valence-electron chi connectivity index (χ2n) is 9.81. The third kappa shape index (κ3) is 8.63. The largest absolute Gasteiger partial charge is 0.497 e. The van der Waals surface area contributed by atoms with Gasteiger partial charge in [0, 0.05) is 30.6 Å². The highest BCUT2D eigenvalue weighted by Gasteiger charge is 2.28. The van der Waals surface area contributed by atoms with Crippen LogP contribution in [0.5, 0.6) is 5.75 Å². The number of halogens is 1. The first-order valence-electron chi connectivity index (χ1n) is 13.0. The smallest absolute Gasteiger partial charge is 0.242 e. The highest BCUT2D eigenvalue weighted by molar-refractivity contribution is 7.92. The van der Waals surface area contributed by atoms with Crippen LogP contribution in [0.1, 0.15) is 57.4 Å². The van der Waals surface area contributed by atoms with E-state index in [0.29, 0.717) is 16.5 Å². The maximum Gasteiger partial charge on any atom is 0.242 e. The Balaban J connectivity index is 1.72. The normalized spacial score (nSPS) is 14.9. The Kier molecular flexibility index (Phi) is 10.8. The first kappa shape index (κ1) is 29.8. The summed E-state index contributed by atoms with van der Waals surface area (Å²) in [5.74, 6) is 0.318. The Morgan fingerprint density at radius 2 is 1.79 bits per heavy atom. The van der Waals surface area contributed by atoms with E-state index in [9.17, 15) is 18.0 Å². The van der Waals surface area contributed by atoms with Crippen molar-refractivity contribution in [2.24, 2.45) is 0 Å². The van der Waals surface area contributed by atoms with E-state index >= 15 is 0 Å². The van der Waals surface area contributed by atoms with Gasteiger partial charge >= 0.3 is 0 Å². The molecule has 10 heteroatoms. The number of hydrogen-bond acceptors (Lipinski definition) is 5. The molecule has 1 unspecified atom stereocenters. The fraction of sp³-hybridized carbons (Fsp3) is 0.500. The number of carbonyl (C=O) groups excluding carboxylic acids is 2. The molecule has 2 amide bonds. The quantitative estimate of drug-likeness (QED) is 0.401. The molecular weight excluding hydrogens is 526 g/mol. The maximum absolute atomic E-state index is 13.5. The molecule has 0 aromatic heterocycles. The summed E-state index contributed by atoms with van der Waals surface area (Å²) in [6.07, 6.45) is 6.78. The number of methoxy groups -OCH3 is 1. The van der Waals surface area contributed by atoms with Crippen molar-refractivity contribution in [2.75, 3.05) is 24.2 Å². The fourth-order valence-electron chi connectivity index (χ4n) is 4.71. The third-order valence-corrected chi connectivity index (χ3v) is 8.31. The van der Waals surface area contributed by atoms with Gasteiger partial charge in [-0.1, -0.05) is 49.1 Å². The van der Waals surface area contributed by atoms with E-state index in [0.717, 1.165) is 37.5 Å². The maximum atomic E-state index is 13.5. The van der Waals surface area contributed by atoms with E-state index < -0.39 is 16.1 Å². The van der Waals surface area contributed by atoms with Crippen LogP contribution >= 0.6 is 11.6 Å². The van der Waals surface area contributed by atoms with Gasteiger partial charge in [-0.15, -0.1) is 0 Å². The molecule has 0 heterocycles. The van der Waals surface area contributed by atoms with Crippen molar-refractivity contribution in [3.63, 3.8) is 0 Å². The van der Waals surface area contributed by atoms with E-state index in [-0.39, 0.29) is 43.8 Å². The highest BCUT2D eigenvalue weighted by atomic mass is 35.5. The minimum atomic E-state index is -3.58. The molecule has 1 N–H and O–H groups in total. The Morgan fingerprint density at radius 3 is 2.39 bits per heavy atom. The van der Waals surface area contributed by atoms with Crippen molar-refractivity contribution < 1.29 is 22.7 Å². The van der Waals surface area contributed by atoms with Crippen LogP contribution in [0.4, 0.5) is 5.69 Å². The van der Waals surface area contributed by atoms with Crippen LogP contribution in [0, 0.1) is 0 Å². The minimum Gasteiger partial charge on any atom is -0.497 e. The van der Waals surface area contributed by atoms with E-state index in [1.54, 1.807) is 43.2 Å². The Morgan fingerprint density at radius 1 is 1.11 bits per heavy atom. The lowest BCUT2D eigenvalue weighted by atomic mass is 9.95. The number of ether oxygens (including phenoxy) is 1. The molecule has 1 fully saturated rings. The van der Waals surface area contributed by atoms with Gasteiger partial charge in [0.2, 0.25) is 21.8 Å². The zero-order valence-corrected chi connectivity index (χ0v) is 23.9. The average Bonchev–Trinajstić information content (AvgIpc) is 2.89. The van der Waals surface area contributed by atoms with E-state index in [1.807, 2.05) is 24.3 Å². The van der Waals surface area contributed by atoms with Crippen molar-refractivity contribution in [3.8, 4) is 5.75 Å². The van der Waals surface area contributed by atoms with Crippen LogP contribution in [-0.4, -0.2) is 57.1 Å². The lowest BCUT2D eigenvalue weighted by Gasteiger charge is -2.31. The standard InChI is InChI=1S/C28H38ClN3O5S/c1-21(28(34)30-24-10-5-4-6-11-24)31(20-22-14-16-26(37-2)17-15-22)27(33)13-8-18-32(38(3,35)36)25-12-7-9-23(29)19-25/h7,9,12,14-17,19,21,24H,4-6,8,10-11,13,18,20H2,1-3H3,(H,30,34). The zero-order valence-electron chi connectivity index (χ0n) is 22.4. The Bertz CT molecular complexity index is 1180.